The summed E-state index contributed by atoms with van der Waals surface area (Å²) >= 11 is 1.60. The second-order valence-electron chi connectivity index (χ2n) is 4.65. The first-order valence-electron chi connectivity index (χ1n) is 6.90. The molecule has 0 radical (unpaired) electrons. The van der Waals surface area contributed by atoms with Gasteiger partial charge in [-0.25, -0.2) is 4.79 Å². The molecule has 1 atom stereocenters. The summed E-state index contributed by atoms with van der Waals surface area (Å²) in [5, 5.41) is 10.1. The van der Waals surface area contributed by atoms with Crippen molar-refractivity contribution in [3.05, 3.63) is 36.2 Å². The molecule has 0 fully saturated rings. The van der Waals surface area contributed by atoms with Gasteiger partial charge in [-0.15, -0.1) is 10.2 Å². The molecule has 1 N–H and O–H groups in total. The highest BCUT2D eigenvalue weighted by Gasteiger charge is 2.21. The molecule has 0 aliphatic carbocycles. The molecule has 23 heavy (non-hydrogen) atoms. The van der Waals surface area contributed by atoms with Crippen LogP contribution in [-0.4, -0.2) is 47.2 Å². The van der Waals surface area contributed by atoms with E-state index >= 15 is 0 Å². The number of carbonyl (C=O) groups is 2. The van der Waals surface area contributed by atoms with Crippen molar-refractivity contribution in [2.24, 2.45) is 0 Å². The van der Waals surface area contributed by atoms with Crippen molar-refractivity contribution in [2.75, 3.05) is 19.1 Å². The van der Waals surface area contributed by atoms with Crippen LogP contribution in [0, 0.1) is 0 Å². The number of hydrogen-bond acceptors (Lipinski definition) is 7. The van der Waals surface area contributed by atoms with Crippen LogP contribution in [0.15, 0.2) is 35.1 Å². The Morgan fingerprint density at radius 1 is 1.35 bits per heavy atom. The molecule has 0 aliphatic heterocycles. The van der Waals surface area contributed by atoms with Gasteiger partial charge < -0.3 is 14.5 Å². The molecule has 1 aromatic heterocycles. The van der Waals surface area contributed by atoms with Crippen LogP contribution in [0.25, 0.3) is 11.5 Å². The normalized spacial score (nSPS) is 11.7. The number of nitrogens with one attached hydrogen (secondary N) is 1. The van der Waals surface area contributed by atoms with Crippen molar-refractivity contribution in [3.8, 4) is 11.5 Å². The monoisotopic (exact) mass is 335 g/mol. The van der Waals surface area contributed by atoms with Crippen molar-refractivity contribution in [3.63, 3.8) is 0 Å². The third kappa shape index (κ3) is 4.56. The molecular formula is C15H17N3O4S. The van der Waals surface area contributed by atoms with E-state index in [-0.39, 0.29) is 5.91 Å². The molecule has 0 aliphatic rings. The third-order valence-electron chi connectivity index (χ3n) is 3.16. The summed E-state index contributed by atoms with van der Waals surface area (Å²) < 4.78 is 9.81. The Bertz CT molecular complexity index is 643. The van der Waals surface area contributed by atoms with Gasteiger partial charge in [0.25, 0.3) is 5.91 Å². The van der Waals surface area contributed by atoms with Gasteiger partial charge in [-0.2, -0.15) is 11.8 Å². The Kier molecular flexibility index (Phi) is 6.16. The molecule has 0 saturated heterocycles. The van der Waals surface area contributed by atoms with Gasteiger partial charge >= 0.3 is 5.97 Å². The molecular weight excluding hydrogens is 318 g/mol. The summed E-state index contributed by atoms with van der Waals surface area (Å²) in [5.41, 5.74) is 1.15. The van der Waals surface area contributed by atoms with Crippen molar-refractivity contribution in [1.29, 1.82) is 0 Å². The molecule has 2 rings (SSSR count). The molecule has 0 spiro atoms. The average Bonchev–Trinajstić information content (AvgIpc) is 3.12. The number of nitrogens with zero attached hydrogens (tertiary/aromatic N) is 2. The maximum absolute atomic E-state index is 12.3. The number of methoxy groups -OCH3 is 1. The number of rotatable bonds is 7. The topological polar surface area (TPSA) is 94.3 Å². The predicted molar refractivity (Wildman–Crippen MR) is 86.0 cm³/mol. The van der Waals surface area contributed by atoms with E-state index < -0.39 is 12.0 Å². The van der Waals surface area contributed by atoms with Crippen LogP contribution < -0.4 is 5.32 Å². The largest absolute Gasteiger partial charge is 0.467 e. The second kappa shape index (κ2) is 8.33. The Balaban J connectivity index is 2.05. The van der Waals surface area contributed by atoms with E-state index in [4.69, 9.17) is 9.15 Å². The van der Waals surface area contributed by atoms with Crippen LogP contribution in [0.3, 0.4) is 0 Å². The van der Waals surface area contributed by atoms with Crippen LogP contribution in [0.5, 0.6) is 0 Å². The summed E-state index contributed by atoms with van der Waals surface area (Å²) in [5.74, 6) is 0.341. The number of hydrogen-bond donors (Lipinski definition) is 1. The van der Waals surface area contributed by atoms with E-state index in [1.165, 1.54) is 13.5 Å². The Labute approximate surface area is 137 Å². The fourth-order valence-electron chi connectivity index (χ4n) is 1.93. The smallest absolute Gasteiger partial charge is 0.328 e. The summed E-state index contributed by atoms with van der Waals surface area (Å²) in [6, 6.07) is 6.03. The molecule has 1 aromatic carbocycles. The zero-order valence-corrected chi connectivity index (χ0v) is 13.6. The summed E-state index contributed by atoms with van der Waals surface area (Å²) in [6.45, 7) is 0. The first kappa shape index (κ1) is 17.0. The average molecular weight is 335 g/mol. The van der Waals surface area contributed by atoms with Gasteiger partial charge in [0, 0.05) is 11.1 Å². The lowest BCUT2D eigenvalue weighted by Crippen LogP contribution is -2.41. The predicted octanol–water partition coefficient (Wildman–Crippen LogP) is 1.76. The van der Waals surface area contributed by atoms with E-state index in [9.17, 15) is 9.59 Å². The fourth-order valence-corrected chi connectivity index (χ4v) is 2.40. The Hall–Kier alpha value is -2.35. The van der Waals surface area contributed by atoms with Gasteiger partial charge in [0.15, 0.2) is 0 Å². The van der Waals surface area contributed by atoms with Crippen molar-refractivity contribution >= 4 is 23.6 Å². The van der Waals surface area contributed by atoms with E-state index in [0.29, 0.717) is 23.4 Å². The van der Waals surface area contributed by atoms with Crippen LogP contribution in [0.1, 0.15) is 16.8 Å². The van der Waals surface area contributed by atoms with Crippen molar-refractivity contribution < 1.29 is 18.7 Å². The molecule has 2 aromatic rings. The van der Waals surface area contributed by atoms with E-state index in [2.05, 4.69) is 15.5 Å². The molecule has 1 heterocycles. The lowest BCUT2D eigenvalue weighted by molar-refractivity contribution is -0.142. The fraction of sp³-hybridized carbons (Fsp3) is 0.333. The highest BCUT2D eigenvalue weighted by molar-refractivity contribution is 7.98. The van der Waals surface area contributed by atoms with Crippen LogP contribution in [-0.2, 0) is 9.53 Å². The molecule has 7 nitrogen and oxygen atoms in total. The van der Waals surface area contributed by atoms with Gasteiger partial charge in [0.2, 0.25) is 12.3 Å². The number of carbonyl (C=O) groups excluding carboxylic acids is 2. The SMILES string of the molecule is COC(=O)[C@@H](CCSC)NC(=O)c1ccc(-c2nnco2)cc1. The second-order valence-corrected chi connectivity index (χ2v) is 5.64. The lowest BCUT2D eigenvalue weighted by Gasteiger charge is -2.16. The molecule has 0 unspecified atom stereocenters. The van der Waals surface area contributed by atoms with Crippen LogP contribution in [0.4, 0.5) is 0 Å². The zero-order valence-electron chi connectivity index (χ0n) is 12.8. The van der Waals surface area contributed by atoms with Crippen molar-refractivity contribution in [2.45, 2.75) is 12.5 Å². The maximum Gasteiger partial charge on any atom is 0.328 e. The van der Waals surface area contributed by atoms with Crippen LogP contribution >= 0.6 is 11.8 Å². The maximum atomic E-state index is 12.3. The highest BCUT2D eigenvalue weighted by Crippen LogP contribution is 2.16. The zero-order chi connectivity index (χ0) is 16.7. The summed E-state index contributed by atoms with van der Waals surface area (Å²) in [4.78, 5) is 24.0. The minimum absolute atomic E-state index is 0.335. The molecule has 1 amide bonds. The van der Waals surface area contributed by atoms with Gasteiger partial charge in [-0.05, 0) is 42.7 Å². The first-order valence-corrected chi connectivity index (χ1v) is 8.29. The minimum atomic E-state index is -0.657. The first-order chi connectivity index (χ1) is 11.2. The van der Waals surface area contributed by atoms with Gasteiger partial charge in [0.1, 0.15) is 6.04 Å². The van der Waals surface area contributed by atoms with Crippen LogP contribution in [0.2, 0.25) is 0 Å². The molecule has 8 heteroatoms. The van der Waals surface area contributed by atoms with Gasteiger partial charge in [-0.3, -0.25) is 4.79 Å². The number of ether oxygens (including phenoxy) is 1. The number of esters is 1. The standard InChI is InChI=1S/C15H17N3O4S/c1-21-15(20)12(7-8-23-2)17-13(19)10-3-5-11(6-4-10)14-18-16-9-22-14/h3-6,9,12H,7-8H2,1-2H3,(H,17,19)/t12-/m1/s1. The molecule has 0 saturated carbocycles. The minimum Gasteiger partial charge on any atom is -0.467 e. The van der Waals surface area contributed by atoms with Gasteiger partial charge in [0.05, 0.1) is 7.11 Å². The van der Waals surface area contributed by atoms with Crippen molar-refractivity contribution in [1.82, 2.24) is 15.5 Å². The Morgan fingerprint density at radius 3 is 2.65 bits per heavy atom. The quantitative estimate of drug-likeness (QED) is 0.770. The molecule has 122 valence electrons. The lowest BCUT2D eigenvalue weighted by atomic mass is 10.1. The van der Waals surface area contributed by atoms with E-state index in [1.807, 2.05) is 6.26 Å². The third-order valence-corrected chi connectivity index (χ3v) is 3.80. The number of amides is 1. The van der Waals surface area contributed by atoms with E-state index in [0.717, 1.165) is 5.75 Å². The van der Waals surface area contributed by atoms with Gasteiger partial charge in [-0.1, -0.05) is 0 Å². The highest BCUT2D eigenvalue weighted by atomic mass is 32.2. The Morgan fingerprint density at radius 2 is 2.09 bits per heavy atom. The molecule has 0 bridgehead atoms. The summed E-state index contributed by atoms with van der Waals surface area (Å²) in [6.07, 6.45) is 3.69. The number of thioether (sulfide) groups is 1. The summed E-state index contributed by atoms with van der Waals surface area (Å²) in [7, 11) is 1.31. The van der Waals surface area contributed by atoms with E-state index in [1.54, 1.807) is 36.0 Å². The number of benzene rings is 1. The number of aromatic nitrogens is 2.